The molecular weight excluding hydrogens is 314 g/mol. The smallest absolute Gasteiger partial charge is 0.207 e. The lowest BCUT2D eigenvalue weighted by molar-refractivity contribution is 0.454. The third-order valence-electron chi connectivity index (χ3n) is 2.84. The number of hydrogen-bond acceptors (Lipinski definition) is 2. The third-order valence-corrected chi connectivity index (χ3v) is 5.27. The van der Waals surface area contributed by atoms with Gasteiger partial charge in [0.15, 0.2) is 0 Å². The minimum atomic E-state index is -3.32. The fraction of sp³-hybridized carbons (Fsp3) is 0.538. The minimum Gasteiger partial charge on any atom is -0.207 e. The van der Waals surface area contributed by atoms with Crippen LogP contribution in [0.1, 0.15) is 24.8 Å². The van der Waals surface area contributed by atoms with Crippen LogP contribution >= 0.6 is 15.9 Å². The third kappa shape index (κ3) is 4.37. The van der Waals surface area contributed by atoms with E-state index in [0.717, 1.165) is 30.2 Å². The number of alkyl halides is 1. The van der Waals surface area contributed by atoms with Crippen LogP contribution in [-0.4, -0.2) is 31.6 Å². The van der Waals surface area contributed by atoms with Crippen molar-refractivity contribution in [1.82, 2.24) is 4.31 Å². The van der Waals surface area contributed by atoms with E-state index in [4.69, 9.17) is 0 Å². The molecule has 18 heavy (non-hydrogen) atoms. The quantitative estimate of drug-likeness (QED) is 0.567. The molecule has 102 valence electrons. The highest BCUT2D eigenvalue weighted by Crippen LogP contribution is 2.15. The highest BCUT2D eigenvalue weighted by atomic mass is 79.9. The van der Waals surface area contributed by atoms with E-state index in [0.29, 0.717) is 11.4 Å². The molecule has 3 nitrogen and oxygen atoms in total. The lowest BCUT2D eigenvalue weighted by atomic mass is 10.2. The Balaban J connectivity index is 2.65. The Hall–Kier alpha value is -0.390. The molecule has 0 fully saturated rings. The number of rotatable bonds is 7. The summed E-state index contributed by atoms with van der Waals surface area (Å²) < 4.78 is 25.9. The molecule has 0 aliphatic rings. The topological polar surface area (TPSA) is 37.4 Å². The van der Waals surface area contributed by atoms with Crippen LogP contribution in [0, 0.1) is 6.92 Å². The standard InChI is InChI=1S/C13H20BrNO2S/c1-12-6-8-13(9-7-12)18(16,17)15(2)11-5-3-4-10-14/h6-9H,3-5,10-11H2,1-2H3. The van der Waals surface area contributed by atoms with Crippen molar-refractivity contribution in [3.8, 4) is 0 Å². The van der Waals surface area contributed by atoms with Gasteiger partial charge in [-0.2, -0.15) is 0 Å². The molecule has 0 aliphatic heterocycles. The molecule has 1 rings (SSSR count). The zero-order valence-electron chi connectivity index (χ0n) is 10.9. The van der Waals surface area contributed by atoms with Gasteiger partial charge in [0.2, 0.25) is 10.0 Å². The first kappa shape index (κ1) is 15.7. The second kappa shape index (κ2) is 7.26. The van der Waals surface area contributed by atoms with Crippen LogP contribution in [0.2, 0.25) is 0 Å². The number of sulfonamides is 1. The minimum absolute atomic E-state index is 0.371. The van der Waals surface area contributed by atoms with Gasteiger partial charge in [0.25, 0.3) is 0 Å². The van der Waals surface area contributed by atoms with Crippen molar-refractivity contribution in [3.05, 3.63) is 29.8 Å². The van der Waals surface area contributed by atoms with E-state index in [2.05, 4.69) is 15.9 Å². The first-order valence-electron chi connectivity index (χ1n) is 6.07. The molecule has 0 bridgehead atoms. The Morgan fingerprint density at radius 3 is 2.28 bits per heavy atom. The molecule has 0 aromatic heterocycles. The zero-order valence-corrected chi connectivity index (χ0v) is 13.3. The fourth-order valence-corrected chi connectivity index (χ4v) is 3.22. The average Bonchev–Trinajstić information content (AvgIpc) is 2.35. The van der Waals surface area contributed by atoms with Crippen LogP contribution in [0.3, 0.4) is 0 Å². The van der Waals surface area contributed by atoms with Crippen molar-refractivity contribution < 1.29 is 8.42 Å². The molecule has 0 heterocycles. The van der Waals surface area contributed by atoms with Crippen molar-refractivity contribution in [2.24, 2.45) is 0 Å². The molecule has 1 aromatic carbocycles. The highest BCUT2D eigenvalue weighted by Gasteiger charge is 2.19. The Morgan fingerprint density at radius 1 is 1.11 bits per heavy atom. The first-order valence-corrected chi connectivity index (χ1v) is 8.63. The van der Waals surface area contributed by atoms with Crippen molar-refractivity contribution in [2.75, 3.05) is 18.9 Å². The molecule has 0 N–H and O–H groups in total. The number of hydrogen-bond donors (Lipinski definition) is 0. The summed E-state index contributed by atoms with van der Waals surface area (Å²) in [5, 5.41) is 0.974. The van der Waals surface area contributed by atoms with Crippen molar-refractivity contribution in [2.45, 2.75) is 31.1 Å². The normalized spacial score (nSPS) is 12.0. The van der Waals surface area contributed by atoms with E-state index in [-0.39, 0.29) is 0 Å². The number of aryl methyl sites for hydroxylation is 1. The monoisotopic (exact) mass is 333 g/mol. The van der Waals surface area contributed by atoms with Crippen LogP contribution in [0.25, 0.3) is 0 Å². The van der Waals surface area contributed by atoms with Crippen molar-refractivity contribution >= 4 is 26.0 Å². The molecule has 0 amide bonds. The van der Waals surface area contributed by atoms with Gasteiger partial charge in [-0.25, -0.2) is 12.7 Å². The average molecular weight is 334 g/mol. The van der Waals surface area contributed by atoms with Gasteiger partial charge in [-0.15, -0.1) is 0 Å². The van der Waals surface area contributed by atoms with E-state index in [1.807, 2.05) is 19.1 Å². The lowest BCUT2D eigenvalue weighted by Gasteiger charge is -2.17. The largest absolute Gasteiger partial charge is 0.242 e. The van der Waals surface area contributed by atoms with Gasteiger partial charge in [0, 0.05) is 18.9 Å². The van der Waals surface area contributed by atoms with Gasteiger partial charge in [0.05, 0.1) is 4.90 Å². The maximum Gasteiger partial charge on any atom is 0.242 e. The summed E-state index contributed by atoms with van der Waals surface area (Å²) in [5.74, 6) is 0. The lowest BCUT2D eigenvalue weighted by Crippen LogP contribution is -2.28. The van der Waals surface area contributed by atoms with Gasteiger partial charge in [-0.1, -0.05) is 40.0 Å². The molecule has 0 unspecified atom stereocenters. The molecule has 0 saturated carbocycles. The number of benzene rings is 1. The van der Waals surface area contributed by atoms with Gasteiger partial charge in [0.1, 0.15) is 0 Å². The van der Waals surface area contributed by atoms with E-state index >= 15 is 0 Å². The van der Waals surface area contributed by atoms with Gasteiger partial charge < -0.3 is 0 Å². The van der Waals surface area contributed by atoms with E-state index in [1.54, 1.807) is 19.2 Å². The van der Waals surface area contributed by atoms with Gasteiger partial charge in [-0.05, 0) is 31.9 Å². The van der Waals surface area contributed by atoms with E-state index < -0.39 is 10.0 Å². The van der Waals surface area contributed by atoms with Crippen LogP contribution in [0.15, 0.2) is 29.2 Å². The molecule has 0 atom stereocenters. The van der Waals surface area contributed by atoms with Crippen LogP contribution in [0.5, 0.6) is 0 Å². The van der Waals surface area contributed by atoms with Crippen LogP contribution in [0.4, 0.5) is 0 Å². The maximum absolute atomic E-state index is 12.2. The number of halogens is 1. The maximum atomic E-state index is 12.2. The summed E-state index contributed by atoms with van der Waals surface area (Å²) in [4.78, 5) is 0.371. The summed E-state index contributed by atoms with van der Waals surface area (Å²) in [6.45, 7) is 2.52. The molecule has 0 aliphatic carbocycles. The molecule has 0 saturated heterocycles. The molecule has 0 spiro atoms. The zero-order chi connectivity index (χ0) is 13.6. The Bertz CT molecular complexity index is 456. The number of unbranched alkanes of at least 4 members (excludes halogenated alkanes) is 2. The molecule has 0 radical (unpaired) electrons. The van der Waals surface area contributed by atoms with Crippen molar-refractivity contribution in [3.63, 3.8) is 0 Å². The second-order valence-corrected chi connectivity index (χ2v) is 7.23. The summed E-state index contributed by atoms with van der Waals surface area (Å²) >= 11 is 3.37. The summed E-state index contributed by atoms with van der Waals surface area (Å²) in [6.07, 6.45) is 3.02. The highest BCUT2D eigenvalue weighted by molar-refractivity contribution is 9.09. The summed E-state index contributed by atoms with van der Waals surface area (Å²) in [7, 11) is -1.68. The first-order chi connectivity index (χ1) is 8.48. The summed E-state index contributed by atoms with van der Waals surface area (Å²) in [5.41, 5.74) is 1.06. The van der Waals surface area contributed by atoms with E-state index in [1.165, 1.54) is 4.31 Å². The van der Waals surface area contributed by atoms with Crippen LogP contribution in [-0.2, 0) is 10.0 Å². The predicted octanol–water partition coefficient (Wildman–Crippen LogP) is 3.18. The second-order valence-electron chi connectivity index (χ2n) is 4.39. The molecule has 5 heteroatoms. The van der Waals surface area contributed by atoms with Crippen molar-refractivity contribution in [1.29, 1.82) is 0 Å². The Morgan fingerprint density at radius 2 is 1.72 bits per heavy atom. The van der Waals surface area contributed by atoms with Gasteiger partial charge >= 0.3 is 0 Å². The summed E-state index contributed by atoms with van der Waals surface area (Å²) in [6, 6.07) is 6.98. The van der Waals surface area contributed by atoms with E-state index in [9.17, 15) is 8.42 Å². The van der Waals surface area contributed by atoms with Gasteiger partial charge in [-0.3, -0.25) is 0 Å². The number of nitrogens with zero attached hydrogens (tertiary/aromatic N) is 1. The Labute approximate surface area is 118 Å². The molecule has 1 aromatic rings. The fourth-order valence-electron chi connectivity index (χ4n) is 1.62. The Kier molecular flexibility index (Phi) is 6.32. The molecular formula is C13H20BrNO2S. The predicted molar refractivity (Wildman–Crippen MR) is 78.6 cm³/mol. The van der Waals surface area contributed by atoms with Crippen LogP contribution < -0.4 is 0 Å². The SMILES string of the molecule is Cc1ccc(S(=O)(=O)N(C)CCCCCBr)cc1.